The van der Waals surface area contributed by atoms with Gasteiger partial charge in [-0.3, -0.25) is 4.90 Å². The molecule has 114 valence electrons. The Balaban J connectivity index is 0.00000200. The Bertz CT molecular complexity index is 383. The van der Waals surface area contributed by atoms with Gasteiger partial charge in [-0.2, -0.15) is 0 Å². The second-order valence-corrected chi connectivity index (χ2v) is 4.73. The van der Waals surface area contributed by atoms with Gasteiger partial charge in [0.15, 0.2) is 5.82 Å². The Labute approximate surface area is 127 Å². The van der Waals surface area contributed by atoms with Gasteiger partial charge in [0.2, 0.25) is 0 Å². The Hall–Kier alpha value is -1.04. The van der Waals surface area contributed by atoms with E-state index in [1.165, 1.54) is 0 Å². The molecule has 0 bridgehead atoms. The van der Waals surface area contributed by atoms with Gasteiger partial charge in [-0.25, -0.2) is 4.98 Å². The smallest absolute Gasteiger partial charge is 0.152 e. The number of anilines is 2. The highest BCUT2D eigenvalue weighted by atomic mass is 35.5. The first-order valence-corrected chi connectivity index (χ1v) is 7.00. The fraction of sp³-hybridized carbons (Fsp3) is 0.643. The van der Waals surface area contributed by atoms with Crippen molar-refractivity contribution in [1.29, 1.82) is 0 Å². The summed E-state index contributed by atoms with van der Waals surface area (Å²) < 4.78 is 5.13. The SMILES string of the molecule is CCNc1cccnc1N1CCN(CCOC)CC1.Cl. The highest BCUT2D eigenvalue weighted by Gasteiger charge is 2.19. The fourth-order valence-electron chi connectivity index (χ4n) is 2.38. The van der Waals surface area contributed by atoms with Crippen LogP contribution in [0, 0.1) is 0 Å². The van der Waals surface area contributed by atoms with Gasteiger partial charge in [0.25, 0.3) is 0 Å². The van der Waals surface area contributed by atoms with E-state index in [1.807, 2.05) is 12.3 Å². The largest absolute Gasteiger partial charge is 0.383 e. The molecule has 5 nitrogen and oxygen atoms in total. The summed E-state index contributed by atoms with van der Waals surface area (Å²) in [7, 11) is 1.76. The van der Waals surface area contributed by atoms with E-state index in [0.29, 0.717) is 0 Å². The van der Waals surface area contributed by atoms with Gasteiger partial charge in [0.05, 0.1) is 12.3 Å². The van der Waals surface area contributed by atoms with Crippen LogP contribution >= 0.6 is 12.4 Å². The molecule has 6 heteroatoms. The summed E-state index contributed by atoms with van der Waals surface area (Å²) in [6, 6.07) is 4.08. The predicted octanol–water partition coefficient (Wildman–Crippen LogP) is 1.70. The molecule has 1 saturated heterocycles. The molecule has 0 unspecified atom stereocenters. The van der Waals surface area contributed by atoms with Crippen molar-refractivity contribution in [1.82, 2.24) is 9.88 Å². The molecule has 0 spiro atoms. The molecule has 1 fully saturated rings. The van der Waals surface area contributed by atoms with Crippen molar-refractivity contribution in [2.45, 2.75) is 6.92 Å². The summed E-state index contributed by atoms with van der Waals surface area (Å²) >= 11 is 0. The molecule has 2 heterocycles. The first-order chi connectivity index (χ1) is 9.35. The summed E-state index contributed by atoms with van der Waals surface area (Å²) in [5, 5.41) is 3.38. The number of aromatic nitrogens is 1. The molecule has 1 N–H and O–H groups in total. The van der Waals surface area contributed by atoms with Crippen molar-refractivity contribution < 1.29 is 4.74 Å². The van der Waals surface area contributed by atoms with Gasteiger partial charge in [-0.1, -0.05) is 0 Å². The van der Waals surface area contributed by atoms with Crippen molar-refractivity contribution in [3.05, 3.63) is 18.3 Å². The minimum atomic E-state index is 0. The second-order valence-electron chi connectivity index (χ2n) is 4.73. The highest BCUT2D eigenvalue weighted by Crippen LogP contribution is 2.23. The van der Waals surface area contributed by atoms with Crippen molar-refractivity contribution in [2.75, 3.05) is 63.2 Å². The van der Waals surface area contributed by atoms with Crippen LogP contribution in [-0.2, 0) is 4.74 Å². The lowest BCUT2D eigenvalue weighted by Gasteiger charge is -2.36. The minimum Gasteiger partial charge on any atom is -0.383 e. The van der Waals surface area contributed by atoms with Gasteiger partial charge >= 0.3 is 0 Å². The van der Waals surface area contributed by atoms with E-state index < -0.39 is 0 Å². The number of nitrogens with one attached hydrogen (secondary N) is 1. The van der Waals surface area contributed by atoms with Gasteiger partial charge in [-0.15, -0.1) is 12.4 Å². The lowest BCUT2D eigenvalue weighted by Crippen LogP contribution is -2.47. The average Bonchev–Trinajstić information content (AvgIpc) is 2.47. The van der Waals surface area contributed by atoms with Crippen LogP contribution in [0.1, 0.15) is 6.92 Å². The zero-order chi connectivity index (χ0) is 13.5. The number of halogens is 1. The number of ether oxygens (including phenoxy) is 1. The molecule has 0 atom stereocenters. The van der Waals surface area contributed by atoms with E-state index in [1.54, 1.807) is 7.11 Å². The second kappa shape index (κ2) is 9.00. The molecule has 0 saturated carbocycles. The molecule has 1 aromatic heterocycles. The van der Waals surface area contributed by atoms with E-state index in [4.69, 9.17) is 4.74 Å². The molecule has 0 radical (unpaired) electrons. The minimum absolute atomic E-state index is 0. The maximum absolute atomic E-state index is 5.13. The fourth-order valence-corrected chi connectivity index (χ4v) is 2.38. The van der Waals surface area contributed by atoms with Gasteiger partial charge in [0.1, 0.15) is 0 Å². The third kappa shape index (κ3) is 4.51. The molecule has 1 aliphatic rings. The first kappa shape index (κ1) is 17.0. The third-order valence-electron chi connectivity index (χ3n) is 3.44. The zero-order valence-corrected chi connectivity index (χ0v) is 13.2. The van der Waals surface area contributed by atoms with Gasteiger partial charge in [-0.05, 0) is 19.1 Å². The van der Waals surface area contributed by atoms with Crippen LogP contribution in [0.25, 0.3) is 0 Å². The molecule has 0 amide bonds. The van der Waals surface area contributed by atoms with E-state index in [9.17, 15) is 0 Å². The van der Waals surface area contributed by atoms with E-state index in [0.717, 1.165) is 57.4 Å². The van der Waals surface area contributed by atoms with Crippen LogP contribution in [0.4, 0.5) is 11.5 Å². The predicted molar refractivity (Wildman–Crippen MR) is 86.2 cm³/mol. The quantitative estimate of drug-likeness (QED) is 0.866. The first-order valence-electron chi connectivity index (χ1n) is 7.00. The van der Waals surface area contributed by atoms with Crippen molar-refractivity contribution in [3.63, 3.8) is 0 Å². The number of piperazine rings is 1. The lowest BCUT2D eigenvalue weighted by atomic mass is 10.2. The maximum atomic E-state index is 5.13. The number of pyridine rings is 1. The van der Waals surface area contributed by atoms with Gasteiger partial charge in [0, 0.05) is 52.6 Å². The Morgan fingerprint density at radius 1 is 1.30 bits per heavy atom. The van der Waals surface area contributed by atoms with E-state index >= 15 is 0 Å². The van der Waals surface area contributed by atoms with Crippen LogP contribution in [0.15, 0.2) is 18.3 Å². The summed E-state index contributed by atoms with van der Waals surface area (Å²) in [6.07, 6.45) is 1.87. The molecule has 2 rings (SSSR count). The number of methoxy groups -OCH3 is 1. The summed E-state index contributed by atoms with van der Waals surface area (Å²) in [4.78, 5) is 9.33. The maximum Gasteiger partial charge on any atom is 0.152 e. The van der Waals surface area contributed by atoms with Crippen LogP contribution in [-0.4, -0.2) is 62.9 Å². The number of hydrogen-bond donors (Lipinski definition) is 1. The molecule has 1 aromatic rings. The Morgan fingerprint density at radius 3 is 2.70 bits per heavy atom. The standard InChI is InChI=1S/C14H24N4O.ClH/c1-3-15-13-5-4-6-16-14(13)18-9-7-17(8-10-18)11-12-19-2;/h4-6,15H,3,7-12H2,1-2H3;1H. The topological polar surface area (TPSA) is 40.6 Å². The van der Waals surface area contributed by atoms with Crippen LogP contribution < -0.4 is 10.2 Å². The van der Waals surface area contributed by atoms with E-state index in [2.05, 4.69) is 33.1 Å². The third-order valence-corrected chi connectivity index (χ3v) is 3.44. The Morgan fingerprint density at radius 2 is 2.05 bits per heavy atom. The number of nitrogens with zero attached hydrogens (tertiary/aromatic N) is 3. The van der Waals surface area contributed by atoms with Gasteiger partial charge < -0.3 is 15.0 Å². The molecule has 0 aliphatic carbocycles. The Kier molecular flexibility index (Phi) is 7.65. The molecule has 0 aromatic carbocycles. The monoisotopic (exact) mass is 300 g/mol. The summed E-state index contributed by atoms with van der Waals surface area (Å²) in [6.45, 7) is 9.07. The van der Waals surface area contributed by atoms with E-state index in [-0.39, 0.29) is 12.4 Å². The van der Waals surface area contributed by atoms with Crippen molar-refractivity contribution in [2.24, 2.45) is 0 Å². The highest BCUT2D eigenvalue weighted by molar-refractivity contribution is 5.85. The van der Waals surface area contributed by atoms with Crippen LogP contribution in [0.2, 0.25) is 0 Å². The number of hydrogen-bond acceptors (Lipinski definition) is 5. The molecule has 20 heavy (non-hydrogen) atoms. The summed E-state index contributed by atoms with van der Waals surface area (Å²) in [5.41, 5.74) is 1.13. The van der Waals surface area contributed by atoms with Crippen LogP contribution in [0.3, 0.4) is 0 Å². The number of rotatable bonds is 6. The summed E-state index contributed by atoms with van der Waals surface area (Å²) in [5.74, 6) is 1.08. The molecular weight excluding hydrogens is 276 g/mol. The van der Waals surface area contributed by atoms with Crippen molar-refractivity contribution >= 4 is 23.9 Å². The normalized spacial score (nSPS) is 15.8. The molecule has 1 aliphatic heterocycles. The lowest BCUT2D eigenvalue weighted by molar-refractivity contribution is 0.144. The average molecular weight is 301 g/mol. The zero-order valence-electron chi connectivity index (χ0n) is 12.3. The van der Waals surface area contributed by atoms with Crippen LogP contribution in [0.5, 0.6) is 0 Å². The van der Waals surface area contributed by atoms with Crippen molar-refractivity contribution in [3.8, 4) is 0 Å². The molecular formula is C14H25ClN4O.